The van der Waals surface area contributed by atoms with Crippen LogP contribution in [0.2, 0.25) is 0 Å². The third kappa shape index (κ3) is 6.90. The predicted octanol–water partition coefficient (Wildman–Crippen LogP) is 1.15. The zero-order chi connectivity index (χ0) is 25.1. The van der Waals surface area contributed by atoms with E-state index in [9.17, 15) is 14.4 Å². The van der Waals surface area contributed by atoms with Crippen molar-refractivity contribution in [1.82, 2.24) is 10.9 Å². The van der Waals surface area contributed by atoms with Crippen LogP contribution in [-0.2, 0) is 14.3 Å². The number of anilines is 1. The highest BCUT2D eigenvalue weighted by atomic mass is 16.5. The fourth-order valence-electron chi connectivity index (χ4n) is 2.77. The van der Waals surface area contributed by atoms with Gasteiger partial charge in [-0.25, -0.2) is 0 Å². The molecule has 0 spiro atoms. The number of nitrogens with one attached hydrogen (secondary N) is 3. The van der Waals surface area contributed by atoms with Crippen LogP contribution >= 0.6 is 0 Å². The lowest BCUT2D eigenvalue weighted by molar-refractivity contribution is -0.129. The van der Waals surface area contributed by atoms with Crippen molar-refractivity contribution >= 4 is 23.4 Å². The Kier molecular flexibility index (Phi) is 9.77. The van der Waals surface area contributed by atoms with Gasteiger partial charge in [-0.2, -0.15) is 0 Å². The fraction of sp³-hybridized carbons (Fsp3) is 0.318. The molecule has 184 valence electrons. The van der Waals surface area contributed by atoms with Gasteiger partial charge >= 0.3 is 0 Å². The molecular weight excluding hydrogens is 450 g/mol. The highest BCUT2D eigenvalue weighted by Crippen LogP contribution is 2.38. The van der Waals surface area contributed by atoms with Crippen molar-refractivity contribution in [3.8, 4) is 28.7 Å². The number of hydrogen-bond acceptors (Lipinski definition) is 9. The van der Waals surface area contributed by atoms with Crippen molar-refractivity contribution in [2.45, 2.75) is 0 Å². The summed E-state index contributed by atoms with van der Waals surface area (Å²) in [5.41, 5.74) is 5.01. The lowest BCUT2D eigenvalue weighted by Gasteiger charge is -2.14. The van der Waals surface area contributed by atoms with E-state index in [0.29, 0.717) is 22.9 Å². The van der Waals surface area contributed by atoms with E-state index < -0.39 is 30.9 Å². The number of carbonyl (C=O) groups is 3. The van der Waals surface area contributed by atoms with Gasteiger partial charge in [0.25, 0.3) is 11.8 Å². The molecule has 2 aromatic rings. The van der Waals surface area contributed by atoms with Crippen LogP contribution in [0.25, 0.3) is 0 Å². The SMILES string of the molecule is COc1ccc(NC(=O)COCC(=O)NNC(=O)c2cc(OC)c(OC)c(OC)c2)c(OC)c1. The Balaban J connectivity index is 1.83. The Labute approximate surface area is 196 Å². The quantitative estimate of drug-likeness (QED) is 0.406. The summed E-state index contributed by atoms with van der Waals surface area (Å²) in [4.78, 5) is 36.4. The minimum atomic E-state index is -0.671. The number of hydrazine groups is 1. The van der Waals surface area contributed by atoms with Crippen LogP contribution in [0.1, 0.15) is 10.4 Å². The molecule has 0 unspecified atom stereocenters. The van der Waals surface area contributed by atoms with E-state index in [2.05, 4.69) is 16.2 Å². The predicted molar refractivity (Wildman–Crippen MR) is 121 cm³/mol. The molecule has 2 rings (SSSR count). The molecule has 12 nitrogen and oxygen atoms in total. The van der Waals surface area contributed by atoms with Crippen LogP contribution in [0.4, 0.5) is 5.69 Å². The molecule has 3 N–H and O–H groups in total. The summed E-state index contributed by atoms with van der Waals surface area (Å²) >= 11 is 0. The van der Waals surface area contributed by atoms with Gasteiger partial charge in [-0.1, -0.05) is 0 Å². The lowest BCUT2D eigenvalue weighted by Crippen LogP contribution is -2.43. The van der Waals surface area contributed by atoms with Crippen LogP contribution < -0.4 is 39.9 Å². The molecule has 2 aromatic carbocycles. The highest BCUT2D eigenvalue weighted by Gasteiger charge is 2.17. The summed E-state index contributed by atoms with van der Waals surface area (Å²) in [6, 6.07) is 7.74. The van der Waals surface area contributed by atoms with Crippen LogP contribution in [0, 0.1) is 0 Å². The minimum Gasteiger partial charge on any atom is -0.497 e. The molecule has 0 aliphatic carbocycles. The van der Waals surface area contributed by atoms with E-state index in [4.69, 9.17) is 28.4 Å². The molecule has 0 heterocycles. The normalized spacial score (nSPS) is 10.0. The Hall–Kier alpha value is -4.19. The molecule has 0 saturated heterocycles. The van der Waals surface area contributed by atoms with Gasteiger partial charge in [0.15, 0.2) is 11.5 Å². The smallest absolute Gasteiger partial charge is 0.269 e. The Bertz CT molecular complexity index is 1000. The molecule has 0 aliphatic rings. The summed E-state index contributed by atoms with van der Waals surface area (Å²) in [6.45, 7) is -0.869. The summed E-state index contributed by atoms with van der Waals surface area (Å²) < 4.78 is 31.0. The maximum Gasteiger partial charge on any atom is 0.269 e. The first-order valence-electron chi connectivity index (χ1n) is 9.85. The maximum absolute atomic E-state index is 12.4. The minimum absolute atomic E-state index is 0.156. The molecule has 0 bridgehead atoms. The van der Waals surface area contributed by atoms with Gasteiger partial charge in [0.1, 0.15) is 24.7 Å². The molecule has 0 aliphatic heterocycles. The third-order valence-corrected chi connectivity index (χ3v) is 4.39. The highest BCUT2D eigenvalue weighted by molar-refractivity contribution is 5.97. The van der Waals surface area contributed by atoms with Gasteiger partial charge in [-0.05, 0) is 24.3 Å². The van der Waals surface area contributed by atoms with E-state index in [1.165, 1.54) is 47.7 Å². The summed E-state index contributed by atoms with van der Waals surface area (Å²) in [5, 5.41) is 2.61. The second-order valence-electron chi connectivity index (χ2n) is 6.52. The Morgan fingerprint density at radius 2 is 1.32 bits per heavy atom. The van der Waals surface area contributed by atoms with Gasteiger partial charge in [-0.3, -0.25) is 25.2 Å². The van der Waals surface area contributed by atoms with E-state index in [1.807, 2.05) is 0 Å². The molecule has 12 heteroatoms. The number of ether oxygens (including phenoxy) is 6. The van der Waals surface area contributed by atoms with Gasteiger partial charge in [0.2, 0.25) is 11.7 Å². The van der Waals surface area contributed by atoms with Crippen molar-refractivity contribution in [2.75, 3.05) is 54.1 Å². The first-order valence-corrected chi connectivity index (χ1v) is 9.85. The second-order valence-corrected chi connectivity index (χ2v) is 6.52. The standard InChI is InChI=1S/C22H27N3O9/c1-29-14-6-7-15(16(10-14)30-2)23-19(26)11-34-12-20(27)24-25-22(28)13-8-17(31-3)21(33-5)18(9-13)32-4/h6-10H,11-12H2,1-5H3,(H,23,26)(H,24,27)(H,25,28). The molecular formula is C22H27N3O9. The molecule has 0 saturated carbocycles. The maximum atomic E-state index is 12.4. The molecule has 34 heavy (non-hydrogen) atoms. The zero-order valence-corrected chi connectivity index (χ0v) is 19.5. The van der Waals surface area contributed by atoms with Crippen molar-refractivity contribution < 1.29 is 42.8 Å². The number of amides is 3. The van der Waals surface area contributed by atoms with Crippen molar-refractivity contribution in [3.05, 3.63) is 35.9 Å². The van der Waals surface area contributed by atoms with E-state index >= 15 is 0 Å². The van der Waals surface area contributed by atoms with Crippen LogP contribution in [-0.4, -0.2) is 66.5 Å². The number of methoxy groups -OCH3 is 5. The number of hydrogen-bond donors (Lipinski definition) is 3. The number of carbonyl (C=O) groups excluding carboxylic acids is 3. The molecule has 0 aromatic heterocycles. The largest absolute Gasteiger partial charge is 0.497 e. The zero-order valence-electron chi connectivity index (χ0n) is 19.5. The van der Waals surface area contributed by atoms with Crippen molar-refractivity contribution in [3.63, 3.8) is 0 Å². The topological polar surface area (TPSA) is 143 Å². The Morgan fingerprint density at radius 1 is 0.706 bits per heavy atom. The lowest BCUT2D eigenvalue weighted by atomic mass is 10.1. The second kappa shape index (κ2) is 12.7. The Morgan fingerprint density at radius 3 is 1.88 bits per heavy atom. The van der Waals surface area contributed by atoms with Gasteiger partial charge in [0, 0.05) is 11.6 Å². The third-order valence-electron chi connectivity index (χ3n) is 4.39. The van der Waals surface area contributed by atoms with Gasteiger partial charge in [0.05, 0.1) is 41.2 Å². The van der Waals surface area contributed by atoms with E-state index in [-0.39, 0.29) is 17.1 Å². The molecule has 0 radical (unpaired) electrons. The van der Waals surface area contributed by atoms with E-state index in [0.717, 1.165) is 0 Å². The average molecular weight is 477 g/mol. The van der Waals surface area contributed by atoms with Crippen LogP contribution in [0.15, 0.2) is 30.3 Å². The fourth-order valence-corrected chi connectivity index (χ4v) is 2.77. The first-order chi connectivity index (χ1) is 16.4. The summed E-state index contributed by atoms with van der Waals surface area (Å²) in [7, 11) is 7.24. The van der Waals surface area contributed by atoms with Gasteiger partial charge < -0.3 is 33.7 Å². The van der Waals surface area contributed by atoms with E-state index in [1.54, 1.807) is 18.2 Å². The van der Waals surface area contributed by atoms with Crippen molar-refractivity contribution in [1.29, 1.82) is 0 Å². The monoisotopic (exact) mass is 477 g/mol. The van der Waals surface area contributed by atoms with Crippen LogP contribution in [0.5, 0.6) is 28.7 Å². The van der Waals surface area contributed by atoms with Crippen molar-refractivity contribution in [2.24, 2.45) is 0 Å². The summed E-state index contributed by atoms with van der Waals surface area (Å²) in [6.07, 6.45) is 0. The molecule has 3 amide bonds. The van der Waals surface area contributed by atoms with Crippen LogP contribution in [0.3, 0.4) is 0 Å². The average Bonchev–Trinajstić information content (AvgIpc) is 2.86. The molecule has 0 fully saturated rings. The number of rotatable bonds is 11. The molecule has 0 atom stereocenters. The van der Waals surface area contributed by atoms with Gasteiger partial charge in [-0.15, -0.1) is 0 Å². The summed E-state index contributed by atoms with van der Waals surface area (Å²) in [5.74, 6) is 0.0495. The number of benzene rings is 2. The first kappa shape index (κ1) is 26.1.